The van der Waals surface area contributed by atoms with Gasteiger partial charge in [0, 0.05) is 10.5 Å². The summed E-state index contributed by atoms with van der Waals surface area (Å²) in [6.45, 7) is 0. The van der Waals surface area contributed by atoms with Crippen LogP contribution in [0.1, 0.15) is 5.56 Å². The molecule has 0 atom stereocenters. The lowest BCUT2D eigenvalue weighted by Crippen LogP contribution is -1.91. The summed E-state index contributed by atoms with van der Waals surface area (Å²) in [6.07, 6.45) is 2.05. The second-order valence-electron chi connectivity index (χ2n) is 3.44. The van der Waals surface area contributed by atoms with Gasteiger partial charge in [-0.2, -0.15) is 0 Å². The maximum absolute atomic E-state index is 6.09. The third-order valence-electron chi connectivity index (χ3n) is 2.38. The summed E-state index contributed by atoms with van der Waals surface area (Å²) in [5.41, 5.74) is 2.20. The van der Waals surface area contributed by atoms with E-state index in [9.17, 15) is 0 Å². The Bertz CT molecular complexity index is 604. The average molecular weight is 298 g/mol. The lowest BCUT2D eigenvalue weighted by Gasteiger charge is -2.00. The fourth-order valence-corrected chi connectivity index (χ4v) is 4.96. The van der Waals surface area contributed by atoms with Gasteiger partial charge < -0.3 is 0 Å². The molecule has 0 unspecified atom stereocenters. The van der Waals surface area contributed by atoms with Crippen molar-refractivity contribution in [3.05, 3.63) is 40.2 Å². The maximum Gasteiger partial charge on any atom is 0.106 e. The van der Waals surface area contributed by atoms with E-state index in [0.29, 0.717) is 0 Å². The highest BCUT2D eigenvalue weighted by Crippen LogP contribution is 2.46. The van der Waals surface area contributed by atoms with Gasteiger partial charge >= 0.3 is 0 Å². The third kappa shape index (κ3) is 2.15. The van der Waals surface area contributed by atoms with Crippen LogP contribution in [0, 0.1) is 0 Å². The van der Waals surface area contributed by atoms with Crippen LogP contribution in [0.25, 0.3) is 0 Å². The second-order valence-corrected chi connectivity index (χ2v) is 7.23. The first-order chi connectivity index (χ1) is 8.28. The van der Waals surface area contributed by atoms with E-state index in [1.165, 1.54) is 9.10 Å². The molecule has 1 aromatic carbocycles. The molecule has 0 amide bonds. The van der Waals surface area contributed by atoms with Gasteiger partial charge in [-0.3, -0.25) is 0 Å². The highest BCUT2D eigenvalue weighted by Gasteiger charge is 2.19. The molecule has 0 aliphatic carbocycles. The summed E-state index contributed by atoms with van der Waals surface area (Å²) < 4.78 is 2.05. The Balaban J connectivity index is 2.23. The number of aliphatic imine (C=N–C) groups is 1. The van der Waals surface area contributed by atoms with Gasteiger partial charge in [0.25, 0.3) is 0 Å². The second kappa shape index (κ2) is 4.69. The lowest BCUT2D eigenvalue weighted by molar-refractivity contribution is 1.39. The van der Waals surface area contributed by atoms with Crippen LogP contribution in [0.4, 0.5) is 5.69 Å². The zero-order valence-corrected chi connectivity index (χ0v) is 12.1. The van der Waals surface area contributed by atoms with E-state index in [1.807, 2.05) is 24.5 Å². The zero-order chi connectivity index (χ0) is 11.8. The van der Waals surface area contributed by atoms with Gasteiger partial charge in [0.2, 0.25) is 0 Å². The Morgan fingerprint density at radius 3 is 2.94 bits per heavy atom. The fraction of sp³-hybridized carbons (Fsp3) is 0.0833. The molecule has 1 aromatic heterocycles. The first kappa shape index (κ1) is 11.7. The van der Waals surface area contributed by atoms with E-state index in [4.69, 9.17) is 16.6 Å². The van der Waals surface area contributed by atoms with Gasteiger partial charge in [0.15, 0.2) is 0 Å². The molecule has 0 N–H and O–H groups in total. The number of benzene rings is 1. The van der Waals surface area contributed by atoms with Crippen molar-refractivity contribution in [3.8, 4) is 0 Å². The molecule has 86 valence electrons. The van der Waals surface area contributed by atoms with E-state index in [2.05, 4.69) is 12.1 Å². The molecule has 0 saturated heterocycles. The summed E-state index contributed by atoms with van der Waals surface area (Å²) in [6, 6.07) is 10.2. The number of rotatable bonds is 0. The number of halogens is 1. The van der Waals surface area contributed by atoms with Crippen molar-refractivity contribution < 1.29 is 0 Å². The van der Waals surface area contributed by atoms with Gasteiger partial charge in [-0.05, 0) is 24.5 Å². The Labute approximate surface area is 117 Å². The van der Waals surface area contributed by atoms with E-state index in [0.717, 1.165) is 20.6 Å². The molecule has 2 heterocycles. The molecule has 1 nitrogen and oxygen atoms in total. The fourth-order valence-electron chi connectivity index (χ4n) is 1.63. The van der Waals surface area contributed by atoms with Crippen LogP contribution in [0.15, 0.2) is 44.4 Å². The van der Waals surface area contributed by atoms with E-state index in [-0.39, 0.29) is 0 Å². The van der Waals surface area contributed by atoms with E-state index in [1.54, 1.807) is 34.9 Å². The van der Waals surface area contributed by atoms with Crippen LogP contribution in [0.3, 0.4) is 0 Å². The Kier molecular flexibility index (Phi) is 3.21. The normalized spacial score (nSPS) is 13.6. The van der Waals surface area contributed by atoms with Gasteiger partial charge in [-0.1, -0.05) is 35.5 Å². The van der Waals surface area contributed by atoms with Crippen LogP contribution in [-0.4, -0.2) is 11.3 Å². The molecule has 0 radical (unpaired) electrons. The summed E-state index contributed by atoms with van der Waals surface area (Å²) >= 11 is 11.1. The van der Waals surface area contributed by atoms with Gasteiger partial charge in [0.05, 0.1) is 14.2 Å². The number of fused-ring (bicyclic) bond motifs is 2. The van der Waals surface area contributed by atoms with Crippen LogP contribution >= 0.6 is 46.5 Å². The topological polar surface area (TPSA) is 12.4 Å². The number of hydrogen-bond donors (Lipinski definition) is 0. The molecule has 0 spiro atoms. The number of thioether (sulfide) groups is 1. The summed E-state index contributed by atoms with van der Waals surface area (Å²) in [5.74, 6) is 0. The average Bonchev–Trinajstić information content (AvgIpc) is 2.62. The zero-order valence-electron chi connectivity index (χ0n) is 8.94. The highest BCUT2D eigenvalue weighted by molar-refractivity contribution is 8.14. The molecule has 1 aliphatic heterocycles. The predicted molar refractivity (Wildman–Crippen MR) is 79.6 cm³/mol. The van der Waals surface area contributed by atoms with Gasteiger partial charge in [-0.25, -0.2) is 4.99 Å². The third-order valence-corrected chi connectivity index (χ3v) is 5.61. The van der Waals surface area contributed by atoms with E-state index >= 15 is 0 Å². The molecule has 3 rings (SSSR count). The number of nitrogens with zero attached hydrogens (tertiary/aromatic N) is 1. The molecular formula is C12H8ClNS3. The minimum absolute atomic E-state index is 0.823. The molecule has 5 heteroatoms. The van der Waals surface area contributed by atoms with Crippen molar-refractivity contribution in [1.29, 1.82) is 0 Å². The maximum atomic E-state index is 6.09. The Hall–Kier alpha value is -0.420. The SMILES string of the molecule is CSC1=Nc2ccccc2Sc2sc(Cl)cc21. The first-order valence-corrected chi connectivity index (χ1v) is 8.21. The van der Waals surface area contributed by atoms with Crippen molar-refractivity contribution in [3.63, 3.8) is 0 Å². The van der Waals surface area contributed by atoms with Crippen molar-refractivity contribution in [2.75, 3.05) is 6.26 Å². The number of para-hydroxylation sites is 1. The smallest absolute Gasteiger partial charge is 0.106 e. The number of hydrogen-bond acceptors (Lipinski definition) is 4. The molecule has 17 heavy (non-hydrogen) atoms. The minimum atomic E-state index is 0.823. The summed E-state index contributed by atoms with van der Waals surface area (Å²) in [7, 11) is 0. The minimum Gasteiger partial charge on any atom is -0.240 e. The molecule has 0 fully saturated rings. The van der Waals surface area contributed by atoms with Crippen LogP contribution in [-0.2, 0) is 0 Å². The van der Waals surface area contributed by atoms with Crippen molar-refractivity contribution >= 4 is 57.2 Å². The highest BCUT2D eigenvalue weighted by atomic mass is 35.5. The Morgan fingerprint density at radius 2 is 2.12 bits per heavy atom. The Morgan fingerprint density at radius 1 is 1.29 bits per heavy atom. The summed E-state index contributed by atoms with van der Waals surface area (Å²) in [4.78, 5) is 5.91. The molecule has 2 aromatic rings. The standard InChI is InChI=1S/C12H8ClNS3/c1-15-11-7-6-10(13)17-12(7)16-9-5-3-2-4-8(9)14-11/h2-6H,1H3. The van der Waals surface area contributed by atoms with Crippen molar-refractivity contribution in [2.24, 2.45) is 4.99 Å². The van der Waals surface area contributed by atoms with E-state index < -0.39 is 0 Å². The quantitative estimate of drug-likeness (QED) is 0.653. The summed E-state index contributed by atoms with van der Waals surface area (Å²) in [5, 5.41) is 1.04. The number of thiophene rings is 1. The van der Waals surface area contributed by atoms with Crippen LogP contribution in [0.5, 0.6) is 0 Å². The van der Waals surface area contributed by atoms with Crippen molar-refractivity contribution in [2.45, 2.75) is 9.10 Å². The first-order valence-electron chi connectivity index (χ1n) is 4.97. The lowest BCUT2D eigenvalue weighted by atomic mass is 10.3. The molecule has 1 aliphatic rings. The monoisotopic (exact) mass is 297 g/mol. The molecule has 0 saturated carbocycles. The predicted octanol–water partition coefficient (Wildman–Crippen LogP) is 5.31. The van der Waals surface area contributed by atoms with Crippen LogP contribution in [0.2, 0.25) is 4.34 Å². The van der Waals surface area contributed by atoms with Gasteiger partial charge in [0.1, 0.15) is 5.04 Å². The largest absolute Gasteiger partial charge is 0.240 e. The molecular weight excluding hydrogens is 290 g/mol. The van der Waals surface area contributed by atoms with Crippen molar-refractivity contribution in [1.82, 2.24) is 0 Å². The van der Waals surface area contributed by atoms with Gasteiger partial charge in [-0.15, -0.1) is 23.1 Å². The van der Waals surface area contributed by atoms with Crippen LogP contribution < -0.4 is 0 Å². The molecule has 0 bridgehead atoms.